The zero-order chi connectivity index (χ0) is 6.97. The first kappa shape index (κ1) is 5.95. The van der Waals surface area contributed by atoms with Crippen molar-refractivity contribution < 1.29 is 13.9 Å². The summed E-state index contributed by atoms with van der Waals surface area (Å²) < 4.78 is 15.2. The van der Waals surface area contributed by atoms with Crippen LogP contribution in [0.1, 0.15) is 18.8 Å². The number of hydrogen-bond donors (Lipinski definition) is 0. The van der Waals surface area contributed by atoms with Gasteiger partial charge in [0.25, 0.3) is 0 Å². The number of furan rings is 1. The maximum absolute atomic E-state index is 5.20. The molecule has 0 amide bonds. The Balaban J connectivity index is 2.04. The van der Waals surface area contributed by atoms with Crippen molar-refractivity contribution in [1.82, 2.24) is 0 Å². The minimum Gasteiger partial charge on any atom is -0.472 e. The molecule has 0 unspecified atom stereocenters. The predicted molar refractivity (Wildman–Crippen MR) is 33.1 cm³/mol. The van der Waals surface area contributed by atoms with Gasteiger partial charge in [0.1, 0.15) is 0 Å². The van der Waals surface area contributed by atoms with Gasteiger partial charge in [-0.05, 0) is 13.0 Å². The van der Waals surface area contributed by atoms with Crippen molar-refractivity contribution in [1.29, 1.82) is 0 Å². The summed E-state index contributed by atoms with van der Waals surface area (Å²) in [6.07, 6.45) is 2.95. The van der Waals surface area contributed by atoms with Gasteiger partial charge in [-0.25, -0.2) is 0 Å². The highest BCUT2D eigenvalue weighted by atomic mass is 16.9. The minimum absolute atomic E-state index is 0.0695. The molecule has 2 rings (SSSR count). The molecule has 3 nitrogen and oxygen atoms in total. The Morgan fingerprint density at radius 2 is 2.20 bits per heavy atom. The average molecular weight is 140 g/mol. The fourth-order valence-corrected chi connectivity index (χ4v) is 0.925. The van der Waals surface area contributed by atoms with Crippen LogP contribution in [0, 0.1) is 0 Å². The lowest BCUT2D eigenvalue weighted by molar-refractivity contribution is -0.382. The van der Waals surface area contributed by atoms with E-state index in [0.29, 0.717) is 0 Å². The van der Waals surface area contributed by atoms with E-state index in [9.17, 15) is 0 Å². The van der Waals surface area contributed by atoms with Crippen molar-refractivity contribution in [2.24, 2.45) is 0 Å². The van der Waals surface area contributed by atoms with E-state index in [1.54, 1.807) is 12.5 Å². The normalized spacial score (nSPS) is 31.7. The highest BCUT2D eigenvalue weighted by Crippen LogP contribution is 2.30. The molecule has 0 bridgehead atoms. The van der Waals surface area contributed by atoms with Crippen LogP contribution in [-0.4, -0.2) is 6.29 Å². The van der Waals surface area contributed by atoms with Crippen molar-refractivity contribution in [3.8, 4) is 0 Å². The van der Waals surface area contributed by atoms with Gasteiger partial charge in [0.2, 0.25) is 0 Å². The Morgan fingerprint density at radius 3 is 2.70 bits per heavy atom. The number of hydrogen-bond acceptors (Lipinski definition) is 3. The molecule has 0 aliphatic carbocycles. The second-order valence-electron chi connectivity index (χ2n) is 2.23. The molecule has 10 heavy (non-hydrogen) atoms. The van der Waals surface area contributed by atoms with Crippen LogP contribution in [0.5, 0.6) is 0 Å². The van der Waals surface area contributed by atoms with Gasteiger partial charge in [-0.2, -0.15) is 0 Å². The van der Waals surface area contributed by atoms with Gasteiger partial charge >= 0.3 is 0 Å². The van der Waals surface area contributed by atoms with E-state index in [2.05, 4.69) is 0 Å². The highest BCUT2D eigenvalue weighted by Gasteiger charge is 2.28. The molecular weight excluding hydrogens is 132 g/mol. The second kappa shape index (κ2) is 2.11. The van der Waals surface area contributed by atoms with Crippen molar-refractivity contribution in [2.75, 3.05) is 0 Å². The first-order valence-electron chi connectivity index (χ1n) is 3.19. The largest absolute Gasteiger partial charge is 0.472 e. The van der Waals surface area contributed by atoms with Gasteiger partial charge in [0.15, 0.2) is 12.6 Å². The Kier molecular flexibility index (Phi) is 1.25. The Morgan fingerprint density at radius 1 is 1.40 bits per heavy atom. The zero-order valence-electron chi connectivity index (χ0n) is 5.61. The third-order valence-corrected chi connectivity index (χ3v) is 1.45. The van der Waals surface area contributed by atoms with Crippen LogP contribution in [0.25, 0.3) is 0 Å². The van der Waals surface area contributed by atoms with E-state index in [1.165, 1.54) is 0 Å². The van der Waals surface area contributed by atoms with E-state index in [1.807, 2.05) is 13.0 Å². The topological polar surface area (TPSA) is 31.6 Å². The number of ether oxygens (including phenoxy) is 2. The molecule has 1 fully saturated rings. The predicted octanol–water partition coefficient (Wildman–Crippen LogP) is 1.67. The van der Waals surface area contributed by atoms with Crippen molar-refractivity contribution >= 4 is 0 Å². The van der Waals surface area contributed by atoms with E-state index < -0.39 is 0 Å². The summed E-state index contributed by atoms with van der Waals surface area (Å²) in [5, 5.41) is 0. The molecule has 0 radical (unpaired) electrons. The third kappa shape index (κ3) is 0.836. The molecule has 0 saturated carbocycles. The van der Waals surface area contributed by atoms with E-state index in [-0.39, 0.29) is 12.6 Å². The number of rotatable bonds is 1. The molecule has 0 aromatic carbocycles. The molecule has 54 valence electrons. The van der Waals surface area contributed by atoms with Gasteiger partial charge in [-0.15, -0.1) is 0 Å². The van der Waals surface area contributed by atoms with E-state index >= 15 is 0 Å². The summed E-state index contributed by atoms with van der Waals surface area (Å²) in [6, 6.07) is 1.83. The summed E-state index contributed by atoms with van der Waals surface area (Å²) in [7, 11) is 0. The van der Waals surface area contributed by atoms with Gasteiger partial charge in [-0.3, -0.25) is 0 Å². The zero-order valence-corrected chi connectivity index (χ0v) is 5.61. The fraction of sp³-hybridized carbons (Fsp3) is 0.429. The van der Waals surface area contributed by atoms with Gasteiger partial charge in [0, 0.05) is 5.56 Å². The molecule has 1 aromatic rings. The van der Waals surface area contributed by atoms with E-state index in [4.69, 9.17) is 13.9 Å². The first-order chi connectivity index (χ1) is 4.86. The summed E-state index contributed by atoms with van der Waals surface area (Å²) in [6.45, 7) is 1.86. The standard InChI is InChI=1S/C7H8O3/c1-5-9-7(10-5)6-2-3-8-4-6/h2-5,7H,1H3. The smallest absolute Gasteiger partial charge is 0.192 e. The van der Waals surface area contributed by atoms with Crippen LogP contribution in [0.4, 0.5) is 0 Å². The molecule has 1 aliphatic heterocycles. The van der Waals surface area contributed by atoms with Gasteiger partial charge in [-0.1, -0.05) is 0 Å². The van der Waals surface area contributed by atoms with Gasteiger partial charge in [0.05, 0.1) is 12.5 Å². The van der Waals surface area contributed by atoms with Crippen LogP contribution in [0.15, 0.2) is 23.0 Å². The lowest BCUT2D eigenvalue weighted by Gasteiger charge is -2.32. The fourth-order valence-electron chi connectivity index (χ4n) is 0.925. The summed E-state index contributed by atoms with van der Waals surface area (Å²) in [5.41, 5.74) is 0.943. The molecule has 0 spiro atoms. The first-order valence-corrected chi connectivity index (χ1v) is 3.19. The molecule has 1 aliphatic rings. The van der Waals surface area contributed by atoms with Crippen LogP contribution in [0.3, 0.4) is 0 Å². The van der Waals surface area contributed by atoms with Crippen LogP contribution >= 0.6 is 0 Å². The van der Waals surface area contributed by atoms with Crippen LogP contribution < -0.4 is 0 Å². The molecular formula is C7H8O3. The Bertz CT molecular complexity index is 199. The summed E-state index contributed by atoms with van der Waals surface area (Å²) in [5.74, 6) is 0. The molecule has 2 heterocycles. The average Bonchev–Trinajstić information content (AvgIpc) is 2.31. The highest BCUT2D eigenvalue weighted by molar-refractivity contribution is 5.08. The van der Waals surface area contributed by atoms with Crippen molar-refractivity contribution in [3.05, 3.63) is 24.2 Å². The summed E-state index contributed by atoms with van der Waals surface area (Å²) >= 11 is 0. The van der Waals surface area contributed by atoms with Gasteiger partial charge < -0.3 is 13.9 Å². The maximum Gasteiger partial charge on any atom is 0.192 e. The van der Waals surface area contributed by atoms with Crippen LogP contribution in [0.2, 0.25) is 0 Å². The molecule has 0 N–H and O–H groups in total. The lowest BCUT2D eigenvalue weighted by atomic mass is 10.3. The quantitative estimate of drug-likeness (QED) is 0.594. The van der Waals surface area contributed by atoms with Crippen molar-refractivity contribution in [3.63, 3.8) is 0 Å². The molecule has 3 heteroatoms. The second-order valence-corrected chi connectivity index (χ2v) is 2.23. The minimum atomic E-state index is -0.200. The monoisotopic (exact) mass is 140 g/mol. The summed E-state index contributed by atoms with van der Waals surface area (Å²) in [4.78, 5) is 0. The van der Waals surface area contributed by atoms with Crippen molar-refractivity contribution in [2.45, 2.75) is 19.5 Å². The SMILES string of the molecule is CC1OC(c2ccoc2)O1. The molecule has 1 saturated heterocycles. The molecule has 1 aromatic heterocycles. The van der Waals surface area contributed by atoms with Crippen LogP contribution in [-0.2, 0) is 9.47 Å². The lowest BCUT2D eigenvalue weighted by Crippen LogP contribution is -2.31. The Labute approximate surface area is 58.5 Å². The Hall–Kier alpha value is -0.800. The molecule has 0 atom stereocenters. The third-order valence-electron chi connectivity index (χ3n) is 1.45. The van der Waals surface area contributed by atoms with E-state index in [0.717, 1.165) is 5.56 Å². The maximum atomic E-state index is 5.20.